The number of nitrogens with one attached hydrogen (secondary N) is 1. The molecular formula is C9H15N3OS. The molecule has 0 spiro atoms. The summed E-state index contributed by atoms with van der Waals surface area (Å²) in [5.41, 5.74) is 0.229. The van der Waals surface area contributed by atoms with Gasteiger partial charge in [0.05, 0.1) is 0 Å². The van der Waals surface area contributed by atoms with Gasteiger partial charge in [-0.05, 0) is 30.9 Å². The van der Waals surface area contributed by atoms with E-state index in [1.807, 2.05) is 12.4 Å². The van der Waals surface area contributed by atoms with Crippen molar-refractivity contribution in [2.75, 3.05) is 19.4 Å². The summed E-state index contributed by atoms with van der Waals surface area (Å²) in [5.74, 6) is 0. The molecule has 0 aromatic heterocycles. The first kappa shape index (κ1) is 11.3. The van der Waals surface area contributed by atoms with Crippen LogP contribution in [-0.4, -0.2) is 29.7 Å². The molecule has 0 aromatic carbocycles. The zero-order valence-corrected chi connectivity index (χ0v) is 9.10. The molecule has 14 heavy (non-hydrogen) atoms. The molecule has 1 rings (SSSR count). The number of thioether (sulfide) groups is 1. The molecular weight excluding hydrogens is 198 g/mol. The lowest BCUT2D eigenvalue weighted by atomic mass is 10.0. The molecule has 0 aromatic rings. The lowest BCUT2D eigenvalue weighted by Crippen LogP contribution is -2.16. The van der Waals surface area contributed by atoms with Crippen LogP contribution >= 0.6 is 11.8 Å². The van der Waals surface area contributed by atoms with Gasteiger partial charge < -0.3 is 5.11 Å². The summed E-state index contributed by atoms with van der Waals surface area (Å²) in [6.07, 6.45) is 6.85. The Balaban J connectivity index is 2.40. The average molecular weight is 213 g/mol. The second-order valence-electron chi connectivity index (χ2n) is 3.54. The number of nitriles is 1. The van der Waals surface area contributed by atoms with Crippen LogP contribution < -0.4 is 5.32 Å². The fourth-order valence-electron chi connectivity index (χ4n) is 1.34. The summed E-state index contributed by atoms with van der Waals surface area (Å²) in [7, 11) is 0. The molecule has 0 atom stereocenters. The molecule has 0 radical (unpaired) electrons. The summed E-state index contributed by atoms with van der Waals surface area (Å²) in [4.78, 5) is 4.32. The maximum absolute atomic E-state index is 8.85. The van der Waals surface area contributed by atoms with Gasteiger partial charge in [0.25, 0.3) is 0 Å². The molecule has 0 heterocycles. The summed E-state index contributed by atoms with van der Waals surface area (Å²) in [6.45, 7) is 0.953. The Hall–Kier alpha value is -0.730. The highest BCUT2D eigenvalue weighted by Crippen LogP contribution is 2.48. The molecule has 0 unspecified atom stereocenters. The Labute approximate surface area is 88.4 Å². The van der Waals surface area contributed by atoms with Crippen LogP contribution in [0.15, 0.2) is 4.99 Å². The second kappa shape index (κ2) is 5.23. The molecule has 1 aliphatic rings. The van der Waals surface area contributed by atoms with E-state index in [2.05, 4.69) is 10.3 Å². The molecule has 0 aliphatic heterocycles. The third-order valence-electron chi connectivity index (χ3n) is 2.51. The number of amidine groups is 1. The summed E-state index contributed by atoms with van der Waals surface area (Å²) in [5, 5.41) is 20.5. The first-order valence-electron chi connectivity index (χ1n) is 4.61. The highest BCUT2D eigenvalue weighted by atomic mass is 32.2. The van der Waals surface area contributed by atoms with E-state index in [9.17, 15) is 0 Å². The Morgan fingerprint density at radius 1 is 1.71 bits per heavy atom. The molecule has 78 valence electrons. The predicted octanol–water partition coefficient (Wildman–Crippen LogP) is 0.939. The highest BCUT2D eigenvalue weighted by Gasteiger charge is 2.41. The minimum Gasteiger partial charge on any atom is -0.396 e. The van der Waals surface area contributed by atoms with E-state index < -0.39 is 0 Å². The number of hydrogen-bond donors (Lipinski definition) is 2. The van der Waals surface area contributed by atoms with E-state index in [0.717, 1.165) is 25.8 Å². The molecule has 0 amide bonds. The number of nitrogens with zero attached hydrogens (tertiary/aromatic N) is 2. The molecule has 4 nitrogen and oxygen atoms in total. The zero-order valence-electron chi connectivity index (χ0n) is 8.29. The Morgan fingerprint density at radius 3 is 2.86 bits per heavy atom. The maximum atomic E-state index is 8.85. The van der Waals surface area contributed by atoms with Crippen molar-refractivity contribution >= 4 is 16.9 Å². The van der Waals surface area contributed by atoms with Crippen LogP contribution in [0, 0.1) is 16.9 Å². The van der Waals surface area contributed by atoms with Crippen molar-refractivity contribution in [3.63, 3.8) is 0 Å². The smallest absolute Gasteiger partial charge is 0.183 e. The van der Waals surface area contributed by atoms with Gasteiger partial charge in [-0.15, -0.1) is 0 Å². The summed E-state index contributed by atoms with van der Waals surface area (Å²) >= 11 is 1.43. The first-order chi connectivity index (χ1) is 6.76. The number of aliphatic imine (C=N–C) groups is 1. The van der Waals surface area contributed by atoms with Crippen molar-refractivity contribution in [1.29, 1.82) is 5.26 Å². The van der Waals surface area contributed by atoms with Crippen molar-refractivity contribution in [3.8, 4) is 6.19 Å². The Bertz CT molecular complexity index is 255. The third kappa shape index (κ3) is 3.20. The SMILES string of the molecule is CSC(=NCC1(CCO)CC1)NC#N. The van der Waals surface area contributed by atoms with Crippen LogP contribution in [0.2, 0.25) is 0 Å². The van der Waals surface area contributed by atoms with Crippen molar-refractivity contribution in [2.45, 2.75) is 19.3 Å². The van der Waals surface area contributed by atoms with Crippen LogP contribution in [0.25, 0.3) is 0 Å². The summed E-state index contributed by atoms with van der Waals surface area (Å²) in [6, 6.07) is 0. The molecule has 1 fully saturated rings. The fraction of sp³-hybridized carbons (Fsp3) is 0.778. The van der Waals surface area contributed by atoms with Crippen LogP contribution in [-0.2, 0) is 0 Å². The van der Waals surface area contributed by atoms with Gasteiger partial charge in [-0.25, -0.2) is 0 Å². The molecule has 1 aliphatic carbocycles. The minimum absolute atomic E-state index is 0.229. The van der Waals surface area contributed by atoms with Crippen LogP contribution in [0.3, 0.4) is 0 Å². The topological polar surface area (TPSA) is 68.4 Å². The third-order valence-corrected chi connectivity index (χ3v) is 3.13. The van der Waals surface area contributed by atoms with Crippen molar-refractivity contribution in [3.05, 3.63) is 0 Å². The average Bonchev–Trinajstić information content (AvgIpc) is 2.94. The van der Waals surface area contributed by atoms with E-state index in [-0.39, 0.29) is 12.0 Å². The lowest BCUT2D eigenvalue weighted by molar-refractivity contribution is 0.251. The van der Waals surface area contributed by atoms with E-state index in [1.165, 1.54) is 11.8 Å². The van der Waals surface area contributed by atoms with E-state index in [0.29, 0.717) is 5.17 Å². The number of hydrogen-bond acceptors (Lipinski definition) is 4. The first-order valence-corrected chi connectivity index (χ1v) is 5.83. The van der Waals surface area contributed by atoms with E-state index in [4.69, 9.17) is 10.4 Å². The number of aliphatic hydroxyl groups is 1. The van der Waals surface area contributed by atoms with Gasteiger partial charge in [-0.2, -0.15) is 5.26 Å². The van der Waals surface area contributed by atoms with Gasteiger partial charge in [-0.3, -0.25) is 10.3 Å². The molecule has 0 bridgehead atoms. The predicted molar refractivity (Wildman–Crippen MR) is 57.9 cm³/mol. The molecule has 1 saturated carbocycles. The number of aliphatic hydroxyl groups excluding tert-OH is 1. The van der Waals surface area contributed by atoms with Crippen LogP contribution in [0.1, 0.15) is 19.3 Å². The van der Waals surface area contributed by atoms with Crippen LogP contribution in [0.4, 0.5) is 0 Å². The zero-order chi connectivity index (χ0) is 10.4. The molecule has 5 heteroatoms. The maximum Gasteiger partial charge on any atom is 0.183 e. The van der Waals surface area contributed by atoms with Gasteiger partial charge in [0.2, 0.25) is 0 Å². The van der Waals surface area contributed by atoms with Gasteiger partial charge in [-0.1, -0.05) is 11.8 Å². The van der Waals surface area contributed by atoms with Crippen molar-refractivity contribution in [1.82, 2.24) is 5.32 Å². The van der Waals surface area contributed by atoms with Crippen LogP contribution in [0.5, 0.6) is 0 Å². The highest BCUT2D eigenvalue weighted by molar-refractivity contribution is 8.13. The monoisotopic (exact) mass is 213 g/mol. The fourth-order valence-corrected chi connectivity index (χ4v) is 1.68. The second-order valence-corrected chi connectivity index (χ2v) is 4.33. The minimum atomic E-state index is 0.229. The van der Waals surface area contributed by atoms with Crippen molar-refractivity contribution in [2.24, 2.45) is 10.4 Å². The van der Waals surface area contributed by atoms with Gasteiger partial charge in [0.1, 0.15) is 0 Å². The normalized spacial score (nSPS) is 18.8. The van der Waals surface area contributed by atoms with Crippen molar-refractivity contribution < 1.29 is 5.11 Å². The van der Waals surface area contributed by atoms with Gasteiger partial charge in [0, 0.05) is 13.2 Å². The summed E-state index contributed by atoms with van der Waals surface area (Å²) < 4.78 is 0. The Kier molecular flexibility index (Phi) is 4.23. The van der Waals surface area contributed by atoms with Gasteiger partial charge >= 0.3 is 0 Å². The largest absolute Gasteiger partial charge is 0.396 e. The van der Waals surface area contributed by atoms with E-state index in [1.54, 1.807) is 0 Å². The lowest BCUT2D eigenvalue weighted by Gasteiger charge is -2.10. The standard InChI is InChI=1S/C9H15N3OS/c1-14-8(12-7-10)11-6-9(2-3-9)4-5-13/h13H,2-6H2,1H3,(H,11,12). The van der Waals surface area contributed by atoms with Gasteiger partial charge in [0.15, 0.2) is 11.4 Å². The number of rotatable bonds is 4. The molecule has 0 saturated heterocycles. The van der Waals surface area contributed by atoms with E-state index >= 15 is 0 Å². The molecule has 2 N–H and O–H groups in total. The quantitative estimate of drug-likeness (QED) is 0.315. The Morgan fingerprint density at radius 2 is 2.43 bits per heavy atom.